The zero-order valence-corrected chi connectivity index (χ0v) is 22.6. The molecule has 0 aliphatic carbocycles. The summed E-state index contributed by atoms with van der Waals surface area (Å²) >= 11 is 0. The van der Waals surface area contributed by atoms with Crippen LogP contribution in [0.3, 0.4) is 0 Å². The number of aromatic nitrogens is 5. The Balaban J connectivity index is 1.42. The van der Waals surface area contributed by atoms with Gasteiger partial charge in [-0.15, -0.1) is 0 Å². The summed E-state index contributed by atoms with van der Waals surface area (Å²) in [7, 11) is 1.70. The number of pyridine rings is 1. The second-order valence-corrected chi connectivity index (χ2v) is 11.6. The third-order valence-corrected chi connectivity index (χ3v) is 8.02. The van der Waals surface area contributed by atoms with Crippen LogP contribution in [0, 0.1) is 24.3 Å². The molecule has 3 aromatic heterocycles. The molecule has 1 aliphatic heterocycles. The minimum atomic E-state index is -0.192. The van der Waals surface area contributed by atoms with E-state index in [1.807, 2.05) is 44.9 Å². The van der Waals surface area contributed by atoms with E-state index < -0.39 is 0 Å². The average molecular weight is 514 g/mol. The topological polar surface area (TPSA) is 108 Å². The first kappa shape index (κ1) is 24.8. The summed E-state index contributed by atoms with van der Waals surface area (Å²) in [6.45, 7) is 8.35. The lowest BCUT2D eigenvalue weighted by atomic mass is 9.93. The van der Waals surface area contributed by atoms with Gasteiger partial charge in [0, 0.05) is 61.5 Å². The zero-order valence-electron chi connectivity index (χ0n) is 21.8. The number of benzene rings is 1. The van der Waals surface area contributed by atoms with E-state index in [0.717, 1.165) is 41.3 Å². The highest BCUT2D eigenvalue weighted by molar-refractivity contribution is 7.86. The summed E-state index contributed by atoms with van der Waals surface area (Å²) in [5.74, 6) is 3.97. The number of nitriles is 1. The standard InChI is InChI=1S/C27H31N9S/c1-17(2)20-6-7-24(36-12-19(13-36)15-37(5)31-16-28)22-11-30-26(10-21(20)22)32-25-8-9-29-27(33-25)23-14-35(4)34-18(23)3/h6-11,14,17,19H,12-13,15H2,1-5H3,(H,29,30,32,33). The van der Waals surface area contributed by atoms with Gasteiger partial charge in [0.25, 0.3) is 0 Å². The fraction of sp³-hybridized carbons (Fsp3) is 0.370. The van der Waals surface area contributed by atoms with Gasteiger partial charge in [0.1, 0.15) is 11.6 Å². The first-order valence-electron chi connectivity index (χ1n) is 12.3. The largest absolute Gasteiger partial charge is 0.370 e. The third kappa shape index (κ3) is 5.18. The number of hydrogen-bond acceptors (Lipinski definition) is 8. The highest BCUT2D eigenvalue weighted by atomic mass is 32.2. The van der Waals surface area contributed by atoms with Crippen molar-refractivity contribution in [2.75, 3.05) is 35.3 Å². The smallest absolute Gasteiger partial charge is 0.212 e. The molecule has 0 bridgehead atoms. The van der Waals surface area contributed by atoms with Gasteiger partial charge in [-0.3, -0.25) is 4.68 Å². The molecule has 4 heterocycles. The monoisotopic (exact) mass is 513 g/mol. The molecule has 1 aromatic carbocycles. The van der Waals surface area contributed by atoms with Gasteiger partial charge in [-0.1, -0.05) is 30.6 Å². The number of hydrogen-bond donors (Lipinski definition) is 1. The predicted octanol–water partition coefficient (Wildman–Crippen LogP) is 4.95. The molecule has 9 nitrogen and oxygen atoms in total. The quantitative estimate of drug-likeness (QED) is 0.348. The zero-order chi connectivity index (χ0) is 26.1. The van der Waals surface area contributed by atoms with Crippen molar-refractivity contribution in [1.82, 2.24) is 24.7 Å². The first-order chi connectivity index (χ1) is 17.8. The Bertz CT molecular complexity index is 1530. The fourth-order valence-electron chi connectivity index (χ4n) is 4.92. The van der Waals surface area contributed by atoms with E-state index in [9.17, 15) is 0 Å². The molecular formula is C27H31N9S. The summed E-state index contributed by atoms with van der Waals surface area (Å²) in [5.41, 5.74) is 4.30. The van der Waals surface area contributed by atoms with Crippen molar-refractivity contribution in [3.63, 3.8) is 0 Å². The molecule has 1 atom stereocenters. The van der Waals surface area contributed by atoms with Gasteiger partial charge in [-0.05, 0) is 48.2 Å². The molecule has 1 unspecified atom stereocenters. The van der Waals surface area contributed by atoms with Gasteiger partial charge in [0.15, 0.2) is 5.82 Å². The molecule has 0 amide bonds. The van der Waals surface area contributed by atoms with Crippen molar-refractivity contribution < 1.29 is 0 Å². The maximum Gasteiger partial charge on any atom is 0.212 e. The Kier molecular flexibility index (Phi) is 6.89. The number of nitrogens with one attached hydrogen (secondary N) is 1. The highest BCUT2D eigenvalue weighted by Gasteiger charge is 2.29. The molecule has 37 heavy (non-hydrogen) atoms. The molecule has 0 spiro atoms. The van der Waals surface area contributed by atoms with E-state index in [1.165, 1.54) is 16.6 Å². The van der Waals surface area contributed by atoms with Crippen LogP contribution in [0.4, 0.5) is 17.3 Å². The van der Waals surface area contributed by atoms with Crippen LogP contribution in [0.15, 0.2) is 47.2 Å². The number of nitrogens with zero attached hydrogens (tertiary/aromatic N) is 8. The van der Waals surface area contributed by atoms with Crippen molar-refractivity contribution in [1.29, 1.82) is 5.26 Å². The van der Waals surface area contributed by atoms with Crippen molar-refractivity contribution in [2.45, 2.75) is 26.7 Å². The Morgan fingerprint density at radius 1 is 1.19 bits per heavy atom. The molecule has 1 fully saturated rings. The van der Waals surface area contributed by atoms with E-state index in [0.29, 0.717) is 23.5 Å². The molecule has 0 saturated carbocycles. The predicted molar refractivity (Wildman–Crippen MR) is 150 cm³/mol. The van der Waals surface area contributed by atoms with Gasteiger partial charge in [0.05, 0.1) is 11.3 Å². The third-order valence-electron chi connectivity index (χ3n) is 6.67. The van der Waals surface area contributed by atoms with Crippen LogP contribution in [0.1, 0.15) is 31.0 Å². The fourth-order valence-corrected chi connectivity index (χ4v) is 6.03. The minimum absolute atomic E-state index is 0.192. The number of aryl methyl sites for hydroxylation is 2. The first-order valence-corrected chi connectivity index (χ1v) is 14.1. The van der Waals surface area contributed by atoms with Crippen molar-refractivity contribution >= 4 is 38.8 Å². The molecule has 190 valence electrons. The van der Waals surface area contributed by atoms with Crippen LogP contribution < -0.4 is 10.2 Å². The Morgan fingerprint density at radius 3 is 2.70 bits per heavy atom. The summed E-state index contributed by atoms with van der Waals surface area (Å²) in [6.07, 6.45) is 9.63. The van der Waals surface area contributed by atoms with Crippen LogP contribution in [-0.2, 0) is 17.7 Å². The number of rotatable bonds is 7. The van der Waals surface area contributed by atoms with Crippen LogP contribution in [-0.4, -0.2) is 49.8 Å². The van der Waals surface area contributed by atoms with Crippen LogP contribution in [0.25, 0.3) is 22.2 Å². The molecule has 1 saturated heterocycles. The molecule has 1 N–H and O–H groups in total. The minimum Gasteiger partial charge on any atom is -0.370 e. The molecular weight excluding hydrogens is 482 g/mol. The van der Waals surface area contributed by atoms with Crippen LogP contribution in [0.2, 0.25) is 0 Å². The van der Waals surface area contributed by atoms with E-state index in [-0.39, 0.29) is 10.7 Å². The van der Waals surface area contributed by atoms with E-state index in [2.05, 4.69) is 56.7 Å². The number of anilines is 3. The molecule has 4 aromatic rings. The summed E-state index contributed by atoms with van der Waals surface area (Å²) in [6, 6.07) is 8.43. The van der Waals surface area contributed by atoms with Crippen molar-refractivity contribution in [2.24, 2.45) is 17.3 Å². The summed E-state index contributed by atoms with van der Waals surface area (Å²) in [4.78, 5) is 16.3. The normalized spacial score (nSPS) is 14.7. The Hall–Kier alpha value is -3.84. The number of fused-ring (bicyclic) bond motifs is 1. The van der Waals surface area contributed by atoms with Gasteiger partial charge < -0.3 is 10.2 Å². The van der Waals surface area contributed by atoms with Crippen LogP contribution >= 0.6 is 0 Å². The maximum absolute atomic E-state index is 8.81. The Morgan fingerprint density at radius 2 is 2.00 bits per heavy atom. The summed E-state index contributed by atoms with van der Waals surface area (Å²) in [5, 5.41) is 18.9. The lowest BCUT2D eigenvalue weighted by Gasteiger charge is -2.42. The second kappa shape index (κ2) is 10.3. The highest BCUT2D eigenvalue weighted by Crippen LogP contribution is 2.37. The molecule has 1 aliphatic rings. The SMILES string of the molecule is Cc1nn(C)cc1-c1nccc(Nc2cc3c(C(C)C)ccc(N4CC(C/S(C)=N/C#N)C4)c3cn2)n1. The van der Waals surface area contributed by atoms with Gasteiger partial charge >= 0.3 is 0 Å². The maximum atomic E-state index is 8.81. The Labute approximate surface area is 219 Å². The van der Waals surface area contributed by atoms with Gasteiger partial charge in [0.2, 0.25) is 6.19 Å². The van der Waals surface area contributed by atoms with Crippen molar-refractivity contribution in [3.8, 4) is 17.6 Å². The van der Waals surface area contributed by atoms with Gasteiger partial charge in [-0.25, -0.2) is 15.0 Å². The molecule has 10 heteroatoms. The molecule has 0 radical (unpaired) electrons. The average Bonchev–Trinajstić information content (AvgIpc) is 3.18. The van der Waals surface area contributed by atoms with Gasteiger partial charge in [-0.2, -0.15) is 14.7 Å². The lowest BCUT2D eigenvalue weighted by molar-refractivity contribution is 0.455. The van der Waals surface area contributed by atoms with E-state index in [4.69, 9.17) is 15.2 Å². The lowest BCUT2D eigenvalue weighted by Crippen LogP contribution is -2.49. The van der Waals surface area contributed by atoms with E-state index >= 15 is 0 Å². The van der Waals surface area contributed by atoms with Crippen molar-refractivity contribution in [3.05, 3.63) is 54.1 Å². The molecule has 5 rings (SSSR count). The second-order valence-electron chi connectivity index (χ2n) is 9.87. The van der Waals surface area contributed by atoms with E-state index in [1.54, 1.807) is 10.9 Å². The summed E-state index contributed by atoms with van der Waals surface area (Å²) < 4.78 is 5.75. The van der Waals surface area contributed by atoms with Crippen LogP contribution in [0.5, 0.6) is 0 Å².